The zero-order valence-corrected chi connectivity index (χ0v) is 13.0. The van der Waals surface area contributed by atoms with Gasteiger partial charge in [0.25, 0.3) is 0 Å². The summed E-state index contributed by atoms with van der Waals surface area (Å²) in [7, 11) is -3.95. The highest BCUT2D eigenvalue weighted by atomic mass is 32.2. The van der Waals surface area contributed by atoms with E-state index in [9.17, 15) is 17.6 Å². The summed E-state index contributed by atoms with van der Waals surface area (Å²) < 4.78 is 44.1. The van der Waals surface area contributed by atoms with Crippen LogP contribution in [-0.4, -0.2) is 38.4 Å². The van der Waals surface area contributed by atoms with Crippen molar-refractivity contribution in [2.75, 3.05) is 25.4 Å². The molecular weight excluding hydrogens is 299 g/mol. The molecule has 0 unspecified atom stereocenters. The summed E-state index contributed by atoms with van der Waals surface area (Å²) in [4.78, 5) is 11.4. The number of nitrogens with zero attached hydrogens (tertiary/aromatic N) is 1. The van der Waals surface area contributed by atoms with E-state index in [-0.39, 0.29) is 29.3 Å². The van der Waals surface area contributed by atoms with Gasteiger partial charge in [0.15, 0.2) is 0 Å². The van der Waals surface area contributed by atoms with Crippen LogP contribution in [0, 0.1) is 12.7 Å². The predicted molar refractivity (Wildman–Crippen MR) is 76.6 cm³/mol. The summed E-state index contributed by atoms with van der Waals surface area (Å²) in [6.07, 6.45) is 0. The monoisotopic (exact) mass is 318 g/mol. The van der Waals surface area contributed by atoms with Crippen molar-refractivity contribution < 1.29 is 22.3 Å². The molecule has 0 aliphatic heterocycles. The maximum absolute atomic E-state index is 13.3. The summed E-state index contributed by atoms with van der Waals surface area (Å²) in [6.45, 7) is 4.54. The Hall–Kier alpha value is -1.67. The van der Waals surface area contributed by atoms with E-state index in [1.165, 1.54) is 6.92 Å². The molecule has 0 heterocycles. The minimum absolute atomic E-state index is 0.0812. The number of anilines is 1. The zero-order chi connectivity index (χ0) is 16.2. The molecule has 0 aliphatic rings. The van der Waals surface area contributed by atoms with Crippen LogP contribution >= 0.6 is 0 Å². The van der Waals surface area contributed by atoms with Crippen molar-refractivity contribution in [3.8, 4) is 0 Å². The van der Waals surface area contributed by atoms with E-state index >= 15 is 0 Å². The van der Waals surface area contributed by atoms with Crippen LogP contribution in [0.5, 0.6) is 0 Å². The predicted octanol–water partition coefficient (Wildman–Crippen LogP) is 1.29. The van der Waals surface area contributed by atoms with E-state index in [2.05, 4.69) is 0 Å². The molecule has 0 radical (unpaired) electrons. The number of sulfonamides is 1. The number of halogens is 1. The van der Waals surface area contributed by atoms with E-state index in [0.717, 1.165) is 16.4 Å². The van der Waals surface area contributed by atoms with Gasteiger partial charge in [0, 0.05) is 6.54 Å². The average Bonchev–Trinajstić information content (AvgIpc) is 2.40. The number of esters is 1. The summed E-state index contributed by atoms with van der Waals surface area (Å²) in [6, 6.07) is 2.12. The topological polar surface area (TPSA) is 89.7 Å². The fraction of sp³-hybridized carbons (Fsp3) is 0.462. The van der Waals surface area contributed by atoms with Crippen LogP contribution in [0.3, 0.4) is 0 Å². The maximum Gasteiger partial charge on any atom is 0.321 e. The number of aryl methyl sites for hydroxylation is 1. The molecule has 21 heavy (non-hydrogen) atoms. The van der Waals surface area contributed by atoms with Gasteiger partial charge in [0.1, 0.15) is 12.4 Å². The third-order valence-electron chi connectivity index (χ3n) is 2.88. The fourth-order valence-electron chi connectivity index (χ4n) is 1.80. The van der Waals surface area contributed by atoms with Crippen LogP contribution in [0.2, 0.25) is 0 Å². The van der Waals surface area contributed by atoms with Gasteiger partial charge in [-0.15, -0.1) is 0 Å². The summed E-state index contributed by atoms with van der Waals surface area (Å²) in [5.41, 5.74) is 5.40. The minimum Gasteiger partial charge on any atom is -0.465 e. The highest BCUT2D eigenvalue weighted by Gasteiger charge is 2.28. The van der Waals surface area contributed by atoms with E-state index < -0.39 is 28.4 Å². The molecule has 0 saturated carbocycles. The SMILES string of the molecule is CCOC(=O)CN(CC)S(=O)(=O)c1cc(N)c(F)cc1C. The quantitative estimate of drug-likeness (QED) is 0.630. The Balaban J connectivity index is 3.19. The highest BCUT2D eigenvalue weighted by molar-refractivity contribution is 7.89. The molecule has 0 bridgehead atoms. The number of rotatable bonds is 6. The van der Waals surface area contributed by atoms with Gasteiger partial charge in [-0.2, -0.15) is 4.31 Å². The Morgan fingerprint density at radius 3 is 2.52 bits per heavy atom. The number of carbonyl (C=O) groups is 1. The summed E-state index contributed by atoms with van der Waals surface area (Å²) >= 11 is 0. The summed E-state index contributed by atoms with van der Waals surface area (Å²) in [5.74, 6) is -1.32. The maximum atomic E-state index is 13.3. The van der Waals surface area contributed by atoms with Gasteiger partial charge in [-0.25, -0.2) is 12.8 Å². The Bertz CT molecular complexity index is 631. The molecule has 0 amide bonds. The molecule has 0 spiro atoms. The lowest BCUT2D eigenvalue weighted by Crippen LogP contribution is -2.36. The Labute approximate surface area is 123 Å². The van der Waals surface area contributed by atoms with Crippen molar-refractivity contribution in [2.24, 2.45) is 0 Å². The number of carbonyl (C=O) groups excluding carboxylic acids is 1. The van der Waals surface area contributed by atoms with Crippen molar-refractivity contribution >= 4 is 21.7 Å². The van der Waals surface area contributed by atoms with Gasteiger partial charge >= 0.3 is 5.97 Å². The first-order valence-electron chi connectivity index (χ1n) is 6.45. The number of ether oxygens (including phenoxy) is 1. The molecule has 118 valence electrons. The largest absolute Gasteiger partial charge is 0.465 e. The molecular formula is C13H19FN2O4S. The fourth-order valence-corrected chi connectivity index (χ4v) is 3.44. The molecule has 1 aromatic rings. The van der Waals surface area contributed by atoms with E-state index in [0.29, 0.717) is 0 Å². The van der Waals surface area contributed by atoms with Gasteiger partial charge in [0.2, 0.25) is 10.0 Å². The van der Waals surface area contributed by atoms with E-state index in [4.69, 9.17) is 10.5 Å². The molecule has 0 aliphatic carbocycles. The summed E-state index contributed by atoms with van der Waals surface area (Å²) in [5, 5.41) is 0. The van der Waals surface area contributed by atoms with Crippen molar-refractivity contribution in [2.45, 2.75) is 25.7 Å². The van der Waals surface area contributed by atoms with Gasteiger partial charge in [-0.05, 0) is 31.5 Å². The second-order valence-corrected chi connectivity index (χ2v) is 6.28. The second-order valence-electron chi connectivity index (χ2n) is 4.38. The molecule has 1 rings (SSSR count). The second kappa shape index (κ2) is 6.86. The van der Waals surface area contributed by atoms with Crippen molar-refractivity contribution in [3.63, 3.8) is 0 Å². The van der Waals surface area contributed by atoms with Crippen molar-refractivity contribution in [1.82, 2.24) is 4.31 Å². The first kappa shape index (κ1) is 17.4. The van der Waals surface area contributed by atoms with E-state index in [1.54, 1.807) is 13.8 Å². The standard InChI is InChI=1S/C13H19FN2O4S/c1-4-16(8-13(17)20-5-2)21(18,19)12-7-11(15)10(14)6-9(12)3/h6-7H,4-5,8,15H2,1-3H3. The molecule has 8 heteroatoms. The first-order chi connectivity index (χ1) is 9.73. The van der Waals surface area contributed by atoms with Crippen LogP contribution in [0.15, 0.2) is 17.0 Å². The van der Waals surface area contributed by atoms with Crippen LogP contribution < -0.4 is 5.73 Å². The third kappa shape index (κ3) is 3.92. The lowest BCUT2D eigenvalue weighted by molar-refractivity contribution is -0.143. The first-order valence-corrected chi connectivity index (χ1v) is 7.89. The number of nitrogens with two attached hydrogens (primary N) is 1. The Kier molecular flexibility index (Phi) is 5.68. The molecule has 2 N–H and O–H groups in total. The molecule has 6 nitrogen and oxygen atoms in total. The van der Waals surface area contributed by atoms with Crippen LogP contribution in [0.1, 0.15) is 19.4 Å². The van der Waals surface area contributed by atoms with Gasteiger partial charge < -0.3 is 10.5 Å². The number of benzene rings is 1. The number of hydrogen-bond acceptors (Lipinski definition) is 5. The molecule has 0 aromatic heterocycles. The number of nitrogen functional groups attached to an aromatic ring is 1. The van der Waals surface area contributed by atoms with Crippen LogP contribution in [0.25, 0.3) is 0 Å². The van der Waals surface area contributed by atoms with Gasteiger partial charge in [0.05, 0.1) is 17.2 Å². The van der Waals surface area contributed by atoms with E-state index in [1.807, 2.05) is 0 Å². The van der Waals surface area contributed by atoms with Crippen LogP contribution in [-0.2, 0) is 19.6 Å². The smallest absolute Gasteiger partial charge is 0.321 e. The Morgan fingerprint density at radius 1 is 1.38 bits per heavy atom. The van der Waals surface area contributed by atoms with Crippen molar-refractivity contribution in [3.05, 3.63) is 23.5 Å². The van der Waals surface area contributed by atoms with Gasteiger partial charge in [-0.3, -0.25) is 4.79 Å². The molecule has 0 saturated heterocycles. The van der Waals surface area contributed by atoms with Gasteiger partial charge in [-0.1, -0.05) is 6.92 Å². The number of hydrogen-bond donors (Lipinski definition) is 1. The lowest BCUT2D eigenvalue weighted by atomic mass is 10.2. The highest BCUT2D eigenvalue weighted by Crippen LogP contribution is 2.24. The Morgan fingerprint density at radius 2 is 2.00 bits per heavy atom. The minimum atomic E-state index is -3.95. The zero-order valence-electron chi connectivity index (χ0n) is 12.2. The third-order valence-corrected chi connectivity index (χ3v) is 4.94. The van der Waals surface area contributed by atoms with Crippen LogP contribution in [0.4, 0.5) is 10.1 Å². The van der Waals surface area contributed by atoms with Crippen molar-refractivity contribution in [1.29, 1.82) is 0 Å². The number of likely N-dealkylation sites (N-methyl/N-ethyl adjacent to an activating group) is 1. The average molecular weight is 318 g/mol. The molecule has 0 atom stereocenters. The normalized spacial score (nSPS) is 11.7. The molecule has 1 aromatic carbocycles. The lowest BCUT2D eigenvalue weighted by Gasteiger charge is -2.21. The molecule has 0 fully saturated rings.